The van der Waals surface area contributed by atoms with Crippen LogP contribution in [0.15, 0.2) is 0 Å². The molecular weight excluding hydrogens is 822 g/mol. The third-order valence-corrected chi connectivity index (χ3v) is 13.7. The molecule has 0 heterocycles. The fourth-order valence-electron chi connectivity index (χ4n) is 8.58. The zero-order chi connectivity index (χ0) is 46.7. The summed E-state index contributed by atoms with van der Waals surface area (Å²) in [5.74, 6) is -0.803. The van der Waals surface area contributed by atoms with Gasteiger partial charge in [0.25, 0.3) is 0 Å². The van der Waals surface area contributed by atoms with Gasteiger partial charge < -0.3 is 20.1 Å². The van der Waals surface area contributed by atoms with Crippen LogP contribution in [0.3, 0.4) is 0 Å². The summed E-state index contributed by atoms with van der Waals surface area (Å²) in [6, 6.07) is 0. The molecule has 9 nitrogen and oxygen atoms in total. The van der Waals surface area contributed by atoms with Crippen LogP contribution in [0.5, 0.6) is 0 Å². The molecule has 0 fully saturated rings. The van der Waals surface area contributed by atoms with E-state index in [4.69, 9.17) is 24.3 Å². The number of esters is 2. The Kier molecular flexibility index (Phi) is 50.6. The number of hydrogen-bond donors (Lipinski definition) is 2. The number of hydrogen-bond acceptors (Lipinski definition) is 8. The van der Waals surface area contributed by atoms with Gasteiger partial charge in [0.2, 0.25) is 0 Å². The normalized spacial score (nSPS) is 13.0. The molecule has 0 radical (unpaired) electrons. The van der Waals surface area contributed by atoms with Gasteiger partial charge in [-0.25, -0.2) is 4.57 Å². The Morgan fingerprint density at radius 2 is 0.672 bits per heavy atom. The maximum Gasteiger partial charge on any atom is 0.472 e. The van der Waals surface area contributed by atoms with Crippen molar-refractivity contribution in [2.24, 2.45) is 5.73 Å². The number of carbonyl (C=O) groups is 2. The molecule has 0 aliphatic heterocycles. The first-order valence-corrected chi connectivity index (χ1v) is 29.5. The molecule has 0 bridgehead atoms. The second-order valence-corrected chi connectivity index (χ2v) is 20.6. The van der Waals surface area contributed by atoms with Crippen molar-refractivity contribution in [1.29, 1.82) is 0 Å². The van der Waals surface area contributed by atoms with Gasteiger partial charge in [-0.05, 0) is 12.8 Å². The van der Waals surface area contributed by atoms with E-state index in [1.54, 1.807) is 0 Å². The highest BCUT2D eigenvalue weighted by Gasteiger charge is 2.26. The standard InChI is InChI=1S/C54H108NO8P/c1-3-5-7-9-11-13-15-17-19-21-23-25-27-28-30-32-34-36-38-40-42-44-46-53(56)60-50-52(51-62-64(58,59)61-49-48-55)63-54(57)47-45-43-41-39-37-35-33-31-29-26-24-22-20-18-16-14-12-10-8-6-4-2/h52H,3-51,55H2,1-2H3,(H,58,59)/t52-/m1/s1. The zero-order valence-electron chi connectivity index (χ0n) is 42.6. The van der Waals surface area contributed by atoms with Gasteiger partial charge in [-0.15, -0.1) is 0 Å². The minimum absolute atomic E-state index is 0.0585. The van der Waals surface area contributed by atoms with E-state index in [1.807, 2.05) is 0 Å². The first-order chi connectivity index (χ1) is 31.3. The van der Waals surface area contributed by atoms with E-state index < -0.39 is 26.5 Å². The second kappa shape index (κ2) is 51.4. The fourth-order valence-corrected chi connectivity index (χ4v) is 9.35. The molecule has 0 aliphatic rings. The molecule has 0 saturated heterocycles. The monoisotopic (exact) mass is 930 g/mol. The molecule has 382 valence electrons. The van der Waals surface area contributed by atoms with Crippen LogP contribution < -0.4 is 5.73 Å². The molecule has 0 spiro atoms. The van der Waals surface area contributed by atoms with Crippen molar-refractivity contribution in [3.8, 4) is 0 Å². The highest BCUT2D eigenvalue weighted by atomic mass is 31.2. The van der Waals surface area contributed by atoms with E-state index in [0.717, 1.165) is 32.1 Å². The molecule has 2 atom stereocenters. The molecule has 0 rings (SSSR count). The Morgan fingerprint density at radius 3 is 0.953 bits per heavy atom. The van der Waals surface area contributed by atoms with Gasteiger partial charge >= 0.3 is 19.8 Å². The lowest BCUT2D eigenvalue weighted by Crippen LogP contribution is -2.29. The summed E-state index contributed by atoms with van der Waals surface area (Å²) in [6.07, 6.45) is 55.8. The van der Waals surface area contributed by atoms with E-state index in [-0.39, 0.29) is 38.6 Å². The summed E-state index contributed by atoms with van der Waals surface area (Å²) in [5.41, 5.74) is 5.38. The predicted octanol–water partition coefficient (Wildman–Crippen LogP) is 17.1. The average Bonchev–Trinajstić information content (AvgIpc) is 3.28. The lowest BCUT2D eigenvalue weighted by molar-refractivity contribution is -0.161. The molecular formula is C54H108NO8P. The van der Waals surface area contributed by atoms with Crippen LogP contribution in [-0.4, -0.2) is 49.3 Å². The highest BCUT2D eigenvalue weighted by Crippen LogP contribution is 2.43. The minimum Gasteiger partial charge on any atom is -0.462 e. The summed E-state index contributed by atoms with van der Waals surface area (Å²) < 4.78 is 33.0. The molecule has 0 saturated carbocycles. The van der Waals surface area contributed by atoms with Gasteiger partial charge in [-0.2, -0.15) is 0 Å². The van der Waals surface area contributed by atoms with E-state index in [0.29, 0.717) is 6.42 Å². The Morgan fingerprint density at radius 1 is 0.406 bits per heavy atom. The van der Waals surface area contributed by atoms with Gasteiger partial charge in [0.15, 0.2) is 6.10 Å². The van der Waals surface area contributed by atoms with Crippen LogP contribution in [0.2, 0.25) is 0 Å². The minimum atomic E-state index is -4.38. The number of phosphoric ester groups is 1. The summed E-state index contributed by atoms with van der Waals surface area (Å²) in [6.45, 7) is 3.82. The lowest BCUT2D eigenvalue weighted by Gasteiger charge is -2.19. The third-order valence-electron chi connectivity index (χ3n) is 12.7. The number of unbranched alkanes of at least 4 members (excludes halogenated alkanes) is 41. The Bertz CT molecular complexity index is 1020. The average molecular weight is 930 g/mol. The second-order valence-electron chi connectivity index (χ2n) is 19.2. The van der Waals surface area contributed by atoms with Crippen molar-refractivity contribution in [1.82, 2.24) is 0 Å². The van der Waals surface area contributed by atoms with Crippen LogP contribution in [0.4, 0.5) is 0 Å². The molecule has 3 N–H and O–H groups in total. The van der Waals surface area contributed by atoms with E-state index in [2.05, 4.69) is 13.8 Å². The number of nitrogens with two attached hydrogens (primary N) is 1. The summed E-state index contributed by atoms with van der Waals surface area (Å²) >= 11 is 0. The molecule has 10 heteroatoms. The maximum absolute atomic E-state index is 12.7. The largest absolute Gasteiger partial charge is 0.472 e. The van der Waals surface area contributed by atoms with Gasteiger partial charge in [-0.1, -0.05) is 277 Å². The first kappa shape index (κ1) is 63.0. The predicted molar refractivity (Wildman–Crippen MR) is 271 cm³/mol. The molecule has 0 aromatic heterocycles. The van der Waals surface area contributed by atoms with Crippen molar-refractivity contribution < 1.29 is 37.6 Å². The van der Waals surface area contributed by atoms with Crippen LogP contribution in [0.1, 0.15) is 303 Å². The van der Waals surface area contributed by atoms with Gasteiger partial charge in [0.1, 0.15) is 6.61 Å². The SMILES string of the molecule is CCCCCCCCCCCCCCCCCCCCCCCCC(=O)OC[C@H](COP(=O)(O)OCCN)OC(=O)CCCCCCCCCCCCCCCCCCCCCCC. The van der Waals surface area contributed by atoms with E-state index >= 15 is 0 Å². The topological polar surface area (TPSA) is 134 Å². The van der Waals surface area contributed by atoms with Crippen LogP contribution in [-0.2, 0) is 32.7 Å². The Labute approximate surface area is 397 Å². The smallest absolute Gasteiger partial charge is 0.462 e. The van der Waals surface area contributed by atoms with Gasteiger partial charge in [0.05, 0.1) is 13.2 Å². The molecule has 0 aromatic rings. The van der Waals surface area contributed by atoms with Gasteiger partial charge in [0, 0.05) is 19.4 Å². The molecule has 0 amide bonds. The summed E-state index contributed by atoms with van der Waals surface area (Å²) in [4.78, 5) is 35.1. The van der Waals surface area contributed by atoms with Crippen molar-refractivity contribution >= 4 is 19.8 Å². The molecule has 0 aromatic carbocycles. The van der Waals surface area contributed by atoms with Crippen molar-refractivity contribution in [2.45, 2.75) is 309 Å². The zero-order valence-corrected chi connectivity index (χ0v) is 43.4. The Hall–Kier alpha value is -0.990. The quantitative estimate of drug-likeness (QED) is 0.0347. The third kappa shape index (κ3) is 50.4. The van der Waals surface area contributed by atoms with Crippen LogP contribution >= 0.6 is 7.82 Å². The summed E-state index contributed by atoms with van der Waals surface area (Å²) in [7, 11) is -4.38. The number of phosphoric acid groups is 1. The Balaban J connectivity index is 3.93. The maximum atomic E-state index is 12.7. The van der Waals surface area contributed by atoms with Crippen LogP contribution in [0, 0.1) is 0 Å². The van der Waals surface area contributed by atoms with Crippen molar-refractivity contribution in [2.75, 3.05) is 26.4 Å². The van der Waals surface area contributed by atoms with Crippen molar-refractivity contribution in [3.05, 3.63) is 0 Å². The number of rotatable bonds is 54. The fraction of sp³-hybridized carbons (Fsp3) is 0.963. The number of ether oxygens (including phenoxy) is 2. The number of carbonyl (C=O) groups excluding carboxylic acids is 2. The molecule has 1 unspecified atom stereocenters. The first-order valence-electron chi connectivity index (χ1n) is 28.0. The van der Waals surface area contributed by atoms with Crippen LogP contribution in [0.25, 0.3) is 0 Å². The van der Waals surface area contributed by atoms with E-state index in [1.165, 1.54) is 238 Å². The summed E-state index contributed by atoms with van der Waals surface area (Å²) in [5, 5.41) is 0. The van der Waals surface area contributed by atoms with Gasteiger partial charge in [-0.3, -0.25) is 18.6 Å². The van der Waals surface area contributed by atoms with Crippen molar-refractivity contribution in [3.63, 3.8) is 0 Å². The lowest BCUT2D eigenvalue weighted by atomic mass is 10.0. The molecule has 0 aliphatic carbocycles. The van der Waals surface area contributed by atoms with E-state index in [9.17, 15) is 19.0 Å². The highest BCUT2D eigenvalue weighted by molar-refractivity contribution is 7.47. The molecule has 64 heavy (non-hydrogen) atoms.